The molecule has 18 heavy (non-hydrogen) atoms. The zero-order chi connectivity index (χ0) is 13.9. The van der Waals surface area contributed by atoms with Gasteiger partial charge in [-0.05, 0) is 27.7 Å². The van der Waals surface area contributed by atoms with Gasteiger partial charge in [0.25, 0.3) is 0 Å². The number of aliphatic carboxylic acids is 1. The van der Waals surface area contributed by atoms with E-state index in [4.69, 9.17) is 9.84 Å². The number of hydrogen-bond donors (Lipinski definition) is 1. The van der Waals surface area contributed by atoms with E-state index in [1.165, 1.54) is 4.90 Å². The summed E-state index contributed by atoms with van der Waals surface area (Å²) in [6.45, 7) is 7.20. The van der Waals surface area contributed by atoms with Gasteiger partial charge in [-0.3, -0.25) is 0 Å². The van der Waals surface area contributed by atoms with E-state index >= 15 is 0 Å². The minimum atomic E-state index is -0.922. The first-order chi connectivity index (χ1) is 8.31. The minimum absolute atomic E-state index is 0.00866. The van der Waals surface area contributed by atoms with E-state index in [2.05, 4.69) is 9.97 Å². The summed E-state index contributed by atoms with van der Waals surface area (Å²) >= 11 is 0. The van der Waals surface area contributed by atoms with Crippen LogP contribution in [0.15, 0.2) is 6.07 Å². The third kappa shape index (κ3) is 3.58. The van der Waals surface area contributed by atoms with Crippen molar-refractivity contribution in [2.75, 3.05) is 11.9 Å². The Morgan fingerprint density at radius 1 is 1.39 bits per heavy atom. The summed E-state index contributed by atoms with van der Waals surface area (Å²) in [7, 11) is 1.65. The molecule has 1 aromatic rings. The number of ether oxygens (including phenoxy) is 1. The highest BCUT2D eigenvalue weighted by Gasteiger charge is 2.20. The lowest BCUT2D eigenvalue weighted by Gasteiger charge is -2.22. The summed E-state index contributed by atoms with van der Waals surface area (Å²) in [4.78, 5) is 20.9. The Labute approximate surface area is 107 Å². The van der Waals surface area contributed by atoms with Crippen molar-refractivity contribution in [2.45, 2.75) is 39.8 Å². The van der Waals surface area contributed by atoms with Crippen molar-refractivity contribution in [3.63, 3.8) is 0 Å². The monoisotopic (exact) mass is 253 g/mol. The predicted molar refractivity (Wildman–Crippen MR) is 68.0 cm³/mol. The highest BCUT2D eigenvalue weighted by Crippen LogP contribution is 2.17. The SMILES string of the molecule is Cc1cc(OC(C)C)nc(N(C)C(C)C(=O)O)n1. The van der Waals surface area contributed by atoms with Gasteiger partial charge in [0.15, 0.2) is 0 Å². The van der Waals surface area contributed by atoms with Crippen LogP contribution in [0.4, 0.5) is 5.95 Å². The van der Waals surface area contributed by atoms with Crippen molar-refractivity contribution in [1.82, 2.24) is 9.97 Å². The van der Waals surface area contributed by atoms with Crippen LogP contribution in [0.5, 0.6) is 5.88 Å². The van der Waals surface area contributed by atoms with E-state index in [0.717, 1.165) is 5.69 Å². The van der Waals surface area contributed by atoms with Gasteiger partial charge in [0.05, 0.1) is 6.10 Å². The summed E-state index contributed by atoms with van der Waals surface area (Å²) in [5, 5.41) is 8.97. The zero-order valence-electron chi connectivity index (χ0n) is 11.3. The summed E-state index contributed by atoms with van der Waals surface area (Å²) in [5.41, 5.74) is 0.736. The van der Waals surface area contributed by atoms with Gasteiger partial charge in [-0.1, -0.05) is 0 Å². The molecule has 0 spiro atoms. The molecule has 0 saturated carbocycles. The van der Waals surface area contributed by atoms with Crippen molar-refractivity contribution < 1.29 is 14.6 Å². The Balaban J connectivity index is 3.01. The summed E-state index contributed by atoms with van der Waals surface area (Å²) in [6, 6.07) is 1.03. The van der Waals surface area contributed by atoms with E-state index in [-0.39, 0.29) is 6.10 Å². The molecule has 1 rings (SSSR count). The number of aromatic nitrogens is 2. The first-order valence-electron chi connectivity index (χ1n) is 5.79. The molecular weight excluding hydrogens is 234 g/mol. The molecule has 6 heteroatoms. The van der Waals surface area contributed by atoms with Crippen LogP contribution in [0.2, 0.25) is 0 Å². The van der Waals surface area contributed by atoms with Crippen LogP contribution in [0.3, 0.4) is 0 Å². The minimum Gasteiger partial charge on any atom is -0.480 e. The van der Waals surface area contributed by atoms with Gasteiger partial charge in [0.1, 0.15) is 6.04 Å². The van der Waals surface area contributed by atoms with Crippen molar-refractivity contribution >= 4 is 11.9 Å². The number of aryl methyl sites for hydroxylation is 1. The quantitative estimate of drug-likeness (QED) is 0.856. The summed E-state index contributed by atoms with van der Waals surface area (Å²) in [6.07, 6.45) is 0.00866. The molecule has 6 nitrogen and oxygen atoms in total. The molecule has 0 saturated heterocycles. The topological polar surface area (TPSA) is 75.5 Å². The van der Waals surface area contributed by atoms with E-state index in [1.54, 1.807) is 20.0 Å². The summed E-state index contributed by atoms with van der Waals surface area (Å²) in [5.74, 6) is -0.119. The lowest BCUT2D eigenvalue weighted by atomic mass is 10.3. The number of rotatable bonds is 5. The Morgan fingerprint density at radius 3 is 2.50 bits per heavy atom. The first-order valence-corrected chi connectivity index (χ1v) is 5.79. The third-order valence-corrected chi connectivity index (χ3v) is 2.43. The van der Waals surface area contributed by atoms with Gasteiger partial charge < -0.3 is 14.7 Å². The Kier molecular flexibility index (Phi) is 4.47. The fourth-order valence-electron chi connectivity index (χ4n) is 1.32. The normalized spacial score (nSPS) is 12.3. The second-order valence-electron chi connectivity index (χ2n) is 4.44. The molecule has 0 aliphatic carbocycles. The average Bonchev–Trinajstić information content (AvgIpc) is 2.25. The Morgan fingerprint density at radius 2 is 2.00 bits per heavy atom. The molecule has 1 atom stereocenters. The molecule has 1 unspecified atom stereocenters. The van der Waals surface area contributed by atoms with Gasteiger partial charge in [-0.15, -0.1) is 0 Å². The second-order valence-corrected chi connectivity index (χ2v) is 4.44. The lowest BCUT2D eigenvalue weighted by molar-refractivity contribution is -0.138. The van der Waals surface area contributed by atoms with E-state index in [9.17, 15) is 4.79 Å². The number of carboxylic acid groups (broad SMARTS) is 1. The maximum absolute atomic E-state index is 10.9. The summed E-state index contributed by atoms with van der Waals surface area (Å²) < 4.78 is 5.50. The first kappa shape index (κ1) is 14.2. The van der Waals surface area contributed by atoms with Crippen LogP contribution >= 0.6 is 0 Å². The molecule has 100 valence electrons. The highest BCUT2D eigenvalue weighted by molar-refractivity contribution is 5.76. The van der Waals surface area contributed by atoms with Crippen molar-refractivity contribution in [3.8, 4) is 5.88 Å². The van der Waals surface area contributed by atoms with Gasteiger partial charge in [-0.2, -0.15) is 4.98 Å². The number of carbonyl (C=O) groups is 1. The van der Waals surface area contributed by atoms with E-state index in [1.807, 2.05) is 20.8 Å². The molecule has 0 aromatic carbocycles. The largest absolute Gasteiger partial charge is 0.480 e. The molecule has 0 bridgehead atoms. The van der Waals surface area contributed by atoms with Crippen molar-refractivity contribution in [2.24, 2.45) is 0 Å². The number of likely N-dealkylation sites (N-methyl/N-ethyl adjacent to an activating group) is 1. The number of anilines is 1. The fourth-order valence-corrected chi connectivity index (χ4v) is 1.32. The fraction of sp³-hybridized carbons (Fsp3) is 0.583. The maximum atomic E-state index is 10.9. The van der Waals surface area contributed by atoms with Gasteiger partial charge in [0, 0.05) is 18.8 Å². The maximum Gasteiger partial charge on any atom is 0.326 e. The molecule has 0 fully saturated rings. The van der Waals surface area contributed by atoms with E-state index < -0.39 is 12.0 Å². The standard InChI is InChI=1S/C12H19N3O3/c1-7(2)18-10-6-8(3)13-12(14-10)15(5)9(4)11(16)17/h6-7,9H,1-5H3,(H,16,17). The second kappa shape index (κ2) is 5.66. The van der Waals surface area contributed by atoms with Crippen LogP contribution < -0.4 is 9.64 Å². The lowest BCUT2D eigenvalue weighted by Crippen LogP contribution is -2.37. The van der Waals surface area contributed by atoms with Crippen molar-refractivity contribution in [1.29, 1.82) is 0 Å². The zero-order valence-corrected chi connectivity index (χ0v) is 11.3. The van der Waals surface area contributed by atoms with Gasteiger partial charge in [-0.25, -0.2) is 9.78 Å². The molecule has 1 heterocycles. The number of nitrogens with zero attached hydrogens (tertiary/aromatic N) is 3. The third-order valence-electron chi connectivity index (χ3n) is 2.43. The molecule has 1 aromatic heterocycles. The molecule has 1 N–H and O–H groups in total. The molecule has 0 radical (unpaired) electrons. The smallest absolute Gasteiger partial charge is 0.326 e. The van der Waals surface area contributed by atoms with Gasteiger partial charge in [0.2, 0.25) is 11.8 Å². The Hall–Kier alpha value is -1.85. The number of carboxylic acids is 1. The predicted octanol–water partition coefficient (Wildman–Crippen LogP) is 1.48. The molecule has 0 aliphatic rings. The molecule has 0 aliphatic heterocycles. The van der Waals surface area contributed by atoms with Crippen LogP contribution in [0.1, 0.15) is 26.5 Å². The van der Waals surface area contributed by atoms with Gasteiger partial charge >= 0.3 is 5.97 Å². The average molecular weight is 253 g/mol. The van der Waals surface area contributed by atoms with Crippen molar-refractivity contribution in [3.05, 3.63) is 11.8 Å². The Bertz CT molecular complexity index is 435. The van der Waals surface area contributed by atoms with Crippen LogP contribution in [-0.4, -0.2) is 40.2 Å². The van der Waals surface area contributed by atoms with Crippen LogP contribution in [0, 0.1) is 6.92 Å². The number of hydrogen-bond acceptors (Lipinski definition) is 5. The molecular formula is C12H19N3O3. The van der Waals surface area contributed by atoms with Crippen LogP contribution in [0.25, 0.3) is 0 Å². The highest BCUT2D eigenvalue weighted by atomic mass is 16.5. The molecule has 0 amide bonds. The van der Waals surface area contributed by atoms with E-state index in [0.29, 0.717) is 11.8 Å². The van der Waals surface area contributed by atoms with Crippen LogP contribution in [-0.2, 0) is 4.79 Å².